The molecule has 1 aliphatic carbocycles. The highest BCUT2D eigenvalue weighted by Crippen LogP contribution is 2.29. The zero-order chi connectivity index (χ0) is 37.4. The summed E-state index contributed by atoms with van der Waals surface area (Å²) < 4.78 is 12.3. The van der Waals surface area contributed by atoms with Gasteiger partial charge in [0, 0.05) is 50.0 Å². The number of nitrogens with one attached hydrogen (secondary N) is 3. The number of aromatic nitrogens is 3. The second kappa shape index (κ2) is 17.3. The van der Waals surface area contributed by atoms with Crippen LogP contribution in [0.5, 0.6) is 11.5 Å². The molecule has 3 atom stereocenters. The molecular weight excluding hydrogens is 666 g/mol. The van der Waals surface area contributed by atoms with E-state index < -0.39 is 12.1 Å². The summed E-state index contributed by atoms with van der Waals surface area (Å²) in [5, 5.41) is 13.5. The van der Waals surface area contributed by atoms with E-state index in [0.29, 0.717) is 92.4 Å². The van der Waals surface area contributed by atoms with Gasteiger partial charge in [0.1, 0.15) is 18.4 Å². The summed E-state index contributed by atoms with van der Waals surface area (Å²) in [7, 11) is 3.12. The SMILES string of the molecule is CC[C@H](C)[C@@H]1NC(=O)CCCN(C(=O)c2cccc3c2CCC3=O)CCCNC(=O)Cn2nc(Cc3ccc(OC)c(OC)c3)nc2[C@@H](C)NC1=O. The molecule has 5 rings (SSSR count). The average Bonchev–Trinajstić information content (AvgIpc) is 3.72. The zero-order valence-corrected chi connectivity index (χ0v) is 30.6. The maximum Gasteiger partial charge on any atom is 0.254 e. The number of nitrogens with zero attached hydrogens (tertiary/aromatic N) is 4. The Morgan fingerprint density at radius 3 is 2.48 bits per heavy atom. The van der Waals surface area contributed by atoms with Crippen molar-refractivity contribution in [2.45, 2.75) is 84.3 Å². The lowest BCUT2D eigenvalue weighted by Crippen LogP contribution is -2.51. The molecule has 4 amide bonds. The number of hydrogen-bond acceptors (Lipinski definition) is 9. The van der Waals surface area contributed by atoms with Crippen LogP contribution in [0.15, 0.2) is 36.4 Å². The average molecular weight is 716 g/mol. The summed E-state index contributed by atoms with van der Waals surface area (Å²) in [6.45, 7) is 6.39. The molecule has 2 heterocycles. The van der Waals surface area contributed by atoms with Crippen molar-refractivity contribution in [3.8, 4) is 11.5 Å². The maximum atomic E-state index is 13.9. The molecule has 1 aliphatic heterocycles. The summed E-state index contributed by atoms with van der Waals surface area (Å²) in [4.78, 5) is 72.9. The summed E-state index contributed by atoms with van der Waals surface area (Å²) in [6, 6.07) is 9.28. The molecule has 2 aliphatic rings. The quantitative estimate of drug-likeness (QED) is 0.332. The molecule has 0 saturated carbocycles. The highest BCUT2D eigenvalue weighted by molar-refractivity contribution is 6.05. The first-order valence-corrected chi connectivity index (χ1v) is 18.0. The van der Waals surface area contributed by atoms with Crippen LogP contribution in [-0.2, 0) is 33.8 Å². The van der Waals surface area contributed by atoms with Gasteiger partial charge in [0.2, 0.25) is 17.7 Å². The molecule has 0 spiro atoms. The smallest absolute Gasteiger partial charge is 0.254 e. The predicted molar refractivity (Wildman–Crippen MR) is 192 cm³/mol. The Balaban J connectivity index is 1.40. The van der Waals surface area contributed by atoms with Gasteiger partial charge in [0.25, 0.3) is 5.91 Å². The van der Waals surface area contributed by atoms with Crippen LogP contribution in [0.25, 0.3) is 0 Å². The maximum absolute atomic E-state index is 13.9. The Bertz CT molecular complexity index is 1810. The van der Waals surface area contributed by atoms with Gasteiger partial charge in [-0.05, 0) is 61.4 Å². The van der Waals surface area contributed by atoms with Gasteiger partial charge in [-0.15, -0.1) is 0 Å². The number of methoxy groups -OCH3 is 2. The molecule has 14 nitrogen and oxygen atoms in total. The third-order valence-corrected chi connectivity index (χ3v) is 9.76. The van der Waals surface area contributed by atoms with E-state index in [-0.39, 0.29) is 48.3 Å². The van der Waals surface area contributed by atoms with Gasteiger partial charge in [-0.3, -0.25) is 24.0 Å². The highest BCUT2D eigenvalue weighted by Gasteiger charge is 2.30. The Hall–Kier alpha value is -5.27. The van der Waals surface area contributed by atoms with Crippen molar-refractivity contribution in [2.75, 3.05) is 33.9 Å². The van der Waals surface area contributed by atoms with E-state index in [2.05, 4.69) is 21.0 Å². The van der Waals surface area contributed by atoms with Crippen LogP contribution in [0.2, 0.25) is 0 Å². The van der Waals surface area contributed by atoms with Crippen LogP contribution in [0, 0.1) is 5.92 Å². The van der Waals surface area contributed by atoms with E-state index in [0.717, 1.165) is 11.1 Å². The first kappa shape index (κ1) is 38.0. The molecule has 0 fully saturated rings. The fraction of sp³-hybridized carbons (Fsp3) is 0.500. The Kier molecular flexibility index (Phi) is 12.6. The summed E-state index contributed by atoms with van der Waals surface area (Å²) >= 11 is 0. The number of fused-ring (bicyclic) bond motifs is 2. The number of ketones is 1. The lowest BCUT2D eigenvalue weighted by Gasteiger charge is -2.26. The van der Waals surface area contributed by atoms with Crippen LogP contribution in [0.1, 0.15) is 102 Å². The van der Waals surface area contributed by atoms with Crippen molar-refractivity contribution in [1.29, 1.82) is 0 Å². The third-order valence-electron chi connectivity index (χ3n) is 9.76. The van der Waals surface area contributed by atoms with E-state index in [1.54, 1.807) is 50.3 Å². The number of carbonyl (C=O) groups is 5. The van der Waals surface area contributed by atoms with Gasteiger partial charge >= 0.3 is 0 Å². The molecule has 14 heteroatoms. The summed E-state index contributed by atoms with van der Waals surface area (Å²) in [5.74, 6) is 0.652. The minimum atomic E-state index is -0.813. The monoisotopic (exact) mass is 715 g/mol. The van der Waals surface area contributed by atoms with Crippen LogP contribution in [0.3, 0.4) is 0 Å². The third kappa shape index (κ3) is 8.96. The Morgan fingerprint density at radius 1 is 0.962 bits per heavy atom. The van der Waals surface area contributed by atoms with Crippen molar-refractivity contribution in [2.24, 2.45) is 5.92 Å². The van der Waals surface area contributed by atoms with E-state index in [9.17, 15) is 24.0 Å². The number of carbonyl (C=O) groups excluding carboxylic acids is 5. The highest BCUT2D eigenvalue weighted by atomic mass is 16.5. The van der Waals surface area contributed by atoms with E-state index in [4.69, 9.17) is 14.5 Å². The molecule has 3 aromatic rings. The minimum Gasteiger partial charge on any atom is -0.493 e. The number of benzene rings is 2. The van der Waals surface area contributed by atoms with Crippen molar-refractivity contribution in [3.05, 3.63) is 70.3 Å². The van der Waals surface area contributed by atoms with Crippen molar-refractivity contribution < 1.29 is 33.4 Å². The largest absolute Gasteiger partial charge is 0.493 e. The normalized spacial score (nSPS) is 19.7. The second-order valence-corrected chi connectivity index (χ2v) is 13.4. The molecule has 278 valence electrons. The Morgan fingerprint density at radius 2 is 1.73 bits per heavy atom. The van der Waals surface area contributed by atoms with Gasteiger partial charge in [-0.25, -0.2) is 9.67 Å². The molecule has 52 heavy (non-hydrogen) atoms. The summed E-state index contributed by atoms with van der Waals surface area (Å²) in [5.41, 5.74) is 2.69. The van der Waals surface area contributed by atoms with Crippen molar-refractivity contribution in [3.63, 3.8) is 0 Å². The lowest BCUT2D eigenvalue weighted by atomic mass is 9.97. The standard InChI is InChI=1S/C38H49N7O7/c1-6-23(2)35-37(49)40-24(3)36-41-32(21-25-13-16-30(51-4)31(20-25)52-5)43-45(36)22-34(48)39-17-9-19-44(18-8-12-33(47)42-35)38(50)28-11-7-10-27-26(28)14-15-29(27)46/h7,10-11,13,16,20,23-24,35H,6,8-9,12,14-15,17-19,21-22H2,1-5H3,(H,39,48)(H,40,49)(H,42,47)/t23-,24+,35-/m0/s1. The molecule has 2 aromatic carbocycles. The van der Waals surface area contributed by atoms with E-state index in [1.165, 1.54) is 4.68 Å². The number of amides is 4. The van der Waals surface area contributed by atoms with E-state index >= 15 is 0 Å². The molecular formula is C38H49N7O7. The molecule has 0 saturated heterocycles. The van der Waals surface area contributed by atoms with Gasteiger partial charge in [-0.1, -0.05) is 38.5 Å². The predicted octanol–water partition coefficient (Wildman–Crippen LogP) is 3.17. The first-order chi connectivity index (χ1) is 25.0. The molecule has 0 bridgehead atoms. The van der Waals surface area contributed by atoms with E-state index in [1.807, 2.05) is 26.0 Å². The zero-order valence-electron chi connectivity index (χ0n) is 30.6. The van der Waals surface area contributed by atoms with Gasteiger partial charge in [0.05, 0.1) is 20.3 Å². The topological polar surface area (TPSA) is 174 Å². The van der Waals surface area contributed by atoms with Gasteiger partial charge < -0.3 is 30.3 Å². The number of hydrogen-bond donors (Lipinski definition) is 3. The Labute approximate surface area is 304 Å². The number of ether oxygens (including phenoxy) is 2. The fourth-order valence-electron chi connectivity index (χ4n) is 6.70. The molecule has 1 aromatic heterocycles. The fourth-order valence-corrected chi connectivity index (χ4v) is 6.70. The minimum absolute atomic E-state index is 0.0293. The van der Waals surface area contributed by atoms with Gasteiger partial charge in [0.15, 0.2) is 23.1 Å². The molecule has 0 unspecified atom stereocenters. The summed E-state index contributed by atoms with van der Waals surface area (Å²) in [6.07, 6.45) is 2.81. The van der Waals surface area contributed by atoms with Crippen LogP contribution in [-0.4, -0.2) is 89.0 Å². The second-order valence-electron chi connectivity index (χ2n) is 13.4. The number of Topliss-reactive ketones (excluding diaryl/α,β-unsaturated/α-hetero) is 1. The first-order valence-electron chi connectivity index (χ1n) is 18.0. The van der Waals surface area contributed by atoms with Crippen molar-refractivity contribution in [1.82, 2.24) is 35.6 Å². The van der Waals surface area contributed by atoms with Gasteiger partial charge in [-0.2, -0.15) is 5.10 Å². The van der Waals surface area contributed by atoms with Crippen molar-refractivity contribution >= 4 is 29.4 Å². The van der Waals surface area contributed by atoms with Crippen LogP contribution in [0.4, 0.5) is 0 Å². The molecule has 0 radical (unpaired) electrons. The number of rotatable bonds is 7. The van der Waals surface area contributed by atoms with Crippen LogP contribution < -0.4 is 25.4 Å². The lowest BCUT2D eigenvalue weighted by molar-refractivity contribution is -0.130. The van der Waals surface area contributed by atoms with Crippen LogP contribution >= 0.6 is 0 Å². The molecule has 3 N–H and O–H groups in total.